The van der Waals surface area contributed by atoms with Crippen LogP contribution in [0.1, 0.15) is 0 Å². The third-order valence-electron chi connectivity index (χ3n) is 1.33. The Balaban J connectivity index is 2.04. The summed E-state index contributed by atoms with van der Waals surface area (Å²) in [4.78, 5) is 1.92. The van der Waals surface area contributed by atoms with Crippen molar-refractivity contribution in [3.8, 4) is 0 Å². The van der Waals surface area contributed by atoms with E-state index in [-0.39, 0.29) is 6.10 Å². The van der Waals surface area contributed by atoms with Gasteiger partial charge in [-0.15, -0.1) is 0 Å². The van der Waals surface area contributed by atoms with Crippen LogP contribution >= 0.6 is 0 Å². The highest BCUT2D eigenvalue weighted by Gasteiger charge is 2.26. The molecule has 1 saturated heterocycles. The summed E-state index contributed by atoms with van der Waals surface area (Å²) in [5.41, 5.74) is 0. The number of ether oxygens (including phenoxy) is 1. The van der Waals surface area contributed by atoms with Gasteiger partial charge in [-0.25, -0.2) is 0 Å². The molecule has 0 aromatic rings. The second-order valence-electron chi connectivity index (χ2n) is 2.24. The molecule has 0 aromatic carbocycles. The molecule has 1 heterocycles. The summed E-state index contributed by atoms with van der Waals surface area (Å²) in [7, 11) is 1.87. The molecule has 0 spiro atoms. The molecule has 54 valence electrons. The topological polar surface area (TPSA) is 12.5 Å². The molecule has 1 aliphatic heterocycles. The van der Waals surface area contributed by atoms with Gasteiger partial charge < -0.3 is 9.64 Å². The Morgan fingerprint density at radius 3 is 2.44 bits per heavy atom. The average molecular weight is 137 g/mol. The van der Waals surface area contributed by atoms with Crippen molar-refractivity contribution in [2.45, 2.75) is 12.7 Å². The average Bonchev–Trinajstić information content (AvgIpc) is 1.60. The molecule has 0 unspecified atom stereocenters. The van der Waals surface area contributed by atoms with Crippen LogP contribution in [0.5, 0.6) is 0 Å². The number of alkyl halides is 2. The molecule has 1 fully saturated rings. The summed E-state index contributed by atoms with van der Waals surface area (Å²) in [6, 6.07) is 0. The van der Waals surface area contributed by atoms with Crippen molar-refractivity contribution >= 4 is 0 Å². The van der Waals surface area contributed by atoms with Gasteiger partial charge in [-0.2, -0.15) is 8.78 Å². The Kier molecular flexibility index (Phi) is 1.97. The second-order valence-corrected chi connectivity index (χ2v) is 2.24. The van der Waals surface area contributed by atoms with E-state index in [0.29, 0.717) is 13.1 Å². The molecule has 0 aliphatic carbocycles. The molecule has 0 saturated carbocycles. The summed E-state index contributed by atoms with van der Waals surface area (Å²) in [6.07, 6.45) is -0.241. The fourth-order valence-electron chi connectivity index (χ4n) is 0.873. The number of hydrogen-bond donors (Lipinski definition) is 0. The number of halogens is 2. The normalized spacial score (nSPS) is 22.7. The van der Waals surface area contributed by atoms with Crippen molar-refractivity contribution in [3.63, 3.8) is 0 Å². The van der Waals surface area contributed by atoms with Gasteiger partial charge in [-0.05, 0) is 7.05 Å². The maximum absolute atomic E-state index is 11.4. The first kappa shape index (κ1) is 6.89. The molecule has 9 heavy (non-hydrogen) atoms. The molecule has 0 aromatic heterocycles. The van der Waals surface area contributed by atoms with Crippen LogP contribution in [0.4, 0.5) is 8.78 Å². The van der Waals surface area contributed by atoms with Crippen LogP contribution in [0.15, 0.2) is 0 Å². The van der Waals surface area contributed by atoms with Crippen LogP contribution in [0.25, 0.3) is 0 Å². The van der Waals surface area contributed by atoms with Gasteiger partial charge in [-0.3, -0.25) is 0 Å². The lowest BCUT2D eigenvalue weighted by molar-refractivity contribution is -0.192. The number of likely N-dealkylation sites (tertiary alicyclic amines) is 1. The minimum absolute atomic E-state index is 0.241. The smallest absolute Gasteiger partial charge is 0.317 e. The van der Waals surface area contributed by atoms with Crippen LogP contribution in [0.3, 0.4) is 0 Å². The van der Waals surface area contributed by atoms with Gasteiger partial charge in [0, 0.05) is 13.1 Å². The summed E-state index contributed by atoms with van der Waals surface area (Å²) in [5, 5.41) is 0. The van der Waals surface area contributed by atoms with E-state index in [4.69, 9.17) is 0 Å². The highest BCUT2D eigenvalue weighted by molar-refractivity contribution is 4.76. The zero-order valence-corrected chi connectivity index (χ0v) is 5.18. The second kappa shape index (κ2) is 2.58. The molecule has 2 nitrogen and oxygen atoms in total. The van der Waals surface area contributed by atoms with Gasteiger partial charge in [0.05, 0.1) is 6.10 Å². The summed E-state index contributed by atoms with van der Waals surface area (Å²) in [5.74, 6) is 0. The van der Waals surface area contributed by atoms with E-state index in [1.807, 2.05) is 11.9 Å². The molecule has 0 radical (unpaired) electrons. The summed E-state index contributed by atoms with van der Waals surface area (Å²) >= 11 is 0. The van der Waals surface area contributed by atoms with Gasteiger partial charge >= 0.3 is 6.61 Å². The molecule has 4 heteroatoms. The lowest BCUT2D eigenvalue weighted by Gasteiger charge is -2.35. The number of rotatable bonds is 2. The zero-order valence-electron chi connectivity index (χ0n) is 5.18. The van der Waals surface area contributed by atoms with Crippen LogP contribution in [-0.2, 0) is 4.74 Å². The molecule has 1 aliphatic rings. The van der Waals surface area contributed by atoms with Gasteiger partial charge in [0.2, 0.25) is 0 Å². The zero-order chi connectivity index (χ0) is 6.85. The molecule has 0 N–H and O–H groups in total. The Hall–Kier alpha value is -0.220. The van der Waals surface area contributed by atoms with Crippen molar-refractivity contribution < 1.29 is 13.5 Å². The number of nitrogens with zero attached hydrogens (tertiary/aromatic N) is 1. The highest BCUT2D eigenvalue weighted by atomic mass is 19.3. The standard InChI is InChI=1S/C5H9F2NO/c1-8-2-4(3-8)9-5(6)7/h4-5H,2-3H2,1H3. The van der Waals surface area contributed by atoms with Crippen molar-refractivity contribution in [3.05, 3.63) is 0 Å². The number of hydrogen-bond acceptors (Lipinski definition) is 2. The lowest BCUT2D eigenvalue weighted by Crippen LogP contribution is -2.50. The van der Waals surface area contributed by atoms with Crippen molar-refractivity contribution in [2.75, 3.05) is 20.1 Å². The van der Waals surface area contributed by atoms with Crippen LogP contribution < -0.4 is 0 Å². The predicted octanol–water partition coefficient (Wildman–Crippen LogP) is 0.540. The summed E-state index contributed by atoms with van der Waals surface area (Å²) in [6.45, 7) is -1.35. The Bertz CT molecular complexity index is 93.0. The highest BCUT2D eigenvalue weighted by Crippen LogP contribution is 2.11. The quantitative estimate of drug-likeness (QED) is 0.550. The maximum atomic E-state index is 11.4. The first-order valence-electron chi connectivity index (χ1n) is 2.80. The van der Waals surface area contributed by atoms with E-state index >= 15 is 0 Å². The number of likely N-dealkylation sites (N-methyl/N-ethyl adjacent to an activating group) is 1. The molecule has 0 atom stereocenters. The predicted molar refractivity (Wildman–Crippen MR) is 28.4 cm³/mol. The maximum Gasteiger partial charge on any atom is 0.345 e. The summed E-state index contributed by atoms with van der Waals surface area (Å²) < 4.78 is 27.0. The van der Waals surface area contributed by atoms with Crippen molar-refractivity contribution in [1.29, 1.82) is 0 Å². The minimum atomic E-state index is -2.61. The molecular weight excluding hydrogens is 128 g/mol. The third-order valence-corrected chi connectivity index (χ3v) is 1.33. The lowest BCUT2D eigenvalue weighted by atomic mass is 10.2. The first-order valence-corrected chi connectivity index (χ1v) is 2.80. The molecular formula is C5H9F2NO. The van der Waals surface area contributed by atoms with E-state index in [2.05, 4.69) is 4.74 Å². The van der Waals surface area contributed by atoms with Gasteiger partial charge in [0.25, 0.3) is 0 Å². The Morgan fingerprint density at radius 1 is 1.56 bits per heavy atom. The van der Waals surface area contributed by atoms with Gasteiger partial charge in [-0.1, -0.05) is 0 Å². The Labute approximate surface area is 52.4 Å². The van der Waals surface area contributed by atoms with E-state index < -0.39 is 6.61 Å². The largest absolute Gasteiger partial charge is 0.345 e. The van der Waals surface area contributed by atoms with Gasteiger partial charge in [0.15, 0.2) is 0 Å². The van der Waals surface area contributed by atoms with Gasteiger partial charge in [0.1, 0.15) is 0 Å². The van der Waals surface area contributed by atoms with Crippen LogP contribution in [-0.4, -0.2) is 37.8 Å². The van der Waals surface area contributed by atoms with E-state index in [1.54, 1.807) is 0 Å². The first-order chi connectivity index (χ1) is 4.18. The molecule has 0 amide bonds. The van der Waals surface area contributed by atoms with Crippen LogP contribution in [0, 0.1) is 0 Å². The Morgan fingerprint density at radius 2 is 2.11 bits per heavy atom. The van der Waals surface area contributed by atoms with Crippen molar-refractivity contribution in [1.82, 2.24) is 4.90 Å². The van der Waals surface area contributed by atoms with Crippen molar-refractivity contribution in [2.24, 2.45) is 0 Å². The fourth-order valence-corrected chi connectivity index (χ4v) is 0.873. The minimum Gasteiger partial charge on any atom is -0.317 e. The monoisotopic (exact) mass is 137 g/mol. The third kappa shape index (κ3) is 1.87. The van der Waals surface area contributed by atoms with E-state index in [9.17, 15) is 8.78 Å². The molecule has 0 bridgehead atoms. The SMILES string of the molecule is CN1CC(OC(F)F)C1. The van der Waals surface area contributed by atoms with E-state index in [0.717, 1.165) is 0 Å². The van der Waals surface area contributed by atoms with Crippen LogP contribution in [0.2, 0.25) is 0 Å². The van der Waals surface area contributed by atoms with E-state index in [1.165, 1.54) is 0 Å². The molecule has 1 rings (SSSR count). The fraction of sp³-hybridized carbons (Fsp3) is 1.00.